The lowest BCUT2D eigenvalue weighted by molar-refractivity contribution is -0.147. The van der Waals surface area contributed by atoms with Crippen molar-refractivity contribution < 1.29 is 32.2 Å². The van der Waals surface area contributed by atoms with Crippen molar-refractivity contribution in [3.05, 3.63) is 113 Å². The molecule has 0 radical (unpaired) electrons. The topological polar surface area (TPSA) is 52.6 Å². The van der Waals surface area contributed by atoms with Crippen LogP contribution in [0.25, 0.3) is 11.1 Å². The Balaban J connectivity index is 1.78. The van der Waals surface area contributed by atoms with Crippen molar-refractivity contribution >= 4 is 93.1 Å². The summed E-state index contributed by atoms with van der Waals surface area (Å²) in [5.41, 5.74) is -0.465. The summed E-state index contributed by atoms with van der Waals surface area (Å²) >= 11 is 42.7. The van der Waals surface area contributed by atoms with Crippen LogP contribution in [0.3, 0.4) is 0 Å². The van der Waals surface area contributed by atoms with Gasteiger partial charge in [-0.2, -0.15) is 13.2 Å². The fraction of sp³-hybridized carbons (Fsp3) is 0.0714. The first kappa shape index (κ1) is 32.6. The highest BCUT2D eigenvalue weighted by molar-refractivity contribution is 6.41. The largest absolute Gasteiger partial charge is 0.422 e. The predicted molar refractivity (Wildman–Crippen MR) is 159 cm³/mol. The van der Waals surface area contributed by atoms with Crippen LogP contribution in [0.15, 0.2) is 66.7 Å². The molecule has 14 heteroatoms. The standard InChI is InChI=1S/C28H12Cl7F3O4/c29-15-8-19(32)24(20(33)9-15)41-26(39)23(27(40)42-25-21(34)10-16(30)11-22(25)35)13-3-1-2-12(6-13)17-5-4-14(7-18(17)31)28(36,37)38/h1-11,23H. The maximum absolute atomic E-state index is 13.5. The van der Waals surface area contributed by atoms with Gasteiger partial charge < -0.3 is 9.47 Å². The van der Waals surface area contributed by atoms with Gasteiger partial charge in [0, 0.05) is 20.6 Å². The Bertz CT molecular complexity index is 1590. The van der Waals surface area contributed by atoms with Crippen LogP contribution in [-0.4, -0.2) is 11.9 Å². The van der Waals surface area contributed by atoms with Crippen molar-refractivity contribution in [3.8, 4) is 22.6 Å². The van der Waals surface area contributed by atoms with Gasteiger partial charge in [0.05, 0.1) is 25.7 Å². The third kappa shape index (κ3) is 7.40. The van der Waals surface area contributed by atoms with Crippen LogP contribution in [0, 0.1) is 0 Å². The van der Waals surface area contributed by atoms with E-state index in [0.29, 0.717) is 0 Å². The van der Waals surface area contributed by atoms with E-state index in [0.717, 1.165) is 18.2 Å². The first-order valence-electron chi connectivity index (χ1n) is 11.3. The van der Waals surface area contributed by atoms with E-state index in [4.69, 9.17) is 90.7 Å². The number of carbonyl (C=O) groups is 2. The van der Waals surface area contributed by atoms with Crippen molar-refractivity contribution in [2.75, 3.05) is 0 Å². The maximum Gasteiger partial charge on any atom is 0.416 e. The molecule has 218 valence electrons. The normalized spacial score (nSPS) is 11.5. The van der Waals surface area contributed by atoms with E-state index in [1.165, 1.54) is 48.5 Å². The van der Waals surface area contributed by atoms with Crippen molar-refractivity contribution in [1.29, 1.82) is 0 Å². The van der Waals surface area contributed by atoms with Gasteiger partial charge in [0.2, 0.25) is 0 Å². The van der Waals surface area contributed by atoms with Crippen LogP contribution in [0.5, 0.6) is 11.5 Å². The molecule has 0 bridgehead atoms. The highest BCUT2D eigenvalue weighted by atomic mass is 35.5. The van der Waals surface area contributed by atoms with Gasteiger partial charge >= 0.3 is 18.1 Å². The molecule has 0 amide bonds. The van der Waals surface area contributed by atoms with E-state index in [2.05, 4.69) is 0 Å². The zero-order valence-corrected chi connectivity index (χ0v) is 25.6. The number of hydrogen-bond acceptors (Lipinski definition) is 4. The van der Waals surface area contributed by atoms with Crippen LogP contribution in [-0.2, 0) is 15.8 Å². The molecule has 0 N–H and O–H groups in total. The molecular weight excluding hydrogens is 705 g/mol. The Labute approximate surface area is 271 Å². The SMILES string of the molecule is O=C(Oc1c(Cl)cc(Cl)cc1Cl)C(C(=O)Oc1c(Cl)cc(Cl)cc1Cl)c1cccc(-c2ccc(C(F)(F)F)cc2Cl)c1. The second-order valence-electron chi connectivity index (χ2n) is 8.49. The zero-order valence-electron chi connectivity index (χ0n) is 20.3. The molecule has 0 aliphatic carbocycles. The van der Waals surface area contributed by atoms with E-state index < -0.39 is 29.6 Å². The van der Waals surface area contributed by atoms with E-state index in [1.54, 1.807) is 0 Å². The van der Waals surface area contributed by atoms with Gasteiger partial charge in [0.1, 0.15) is 0 Å². The van der Waals surface area contributed by atoms with Gasteiger partial charge in [-0.1, -0.05) is 105 Å². The summed E-state index contributed by atoms with van der Waals surface area (Å²) in [4.78, 5) is 27.0. The van der Waals surface area contributed by atoms with E-state index in [9.17, 15) is 22.8 Å². The van der Waals surface area contributed by atoms with Crippen LogP contribution in [0.4, 0.5) is 13.2 Å². The lowest BCUT2D eigenvalue weighted by Crippen LogP contribution is -2.30. The third-order valence-corrected chi connectivity index (χ3v) is 7.50. The average molecular weight is 718 g/mol. The van der Waals surface area contributed by atoms with E-state index in [-0.39, 0.29) is 63.3 Å². The molecule has 42 heavy (non-hydrogen) atoms. The minimum absolute atomic E-state index is 0.0147. The Hall–Kier alpha value is -2.36. The van der Waals surface area contributed by atoms with Gasteiger partial charge in [-0.05, 0) is 53.6 Å². The Morgan fingerprint density at radius 3 is 1.52 bits per heavy atom. The fourth-order valence-electron chi connectivity index (χ4n) is 3.75. The number of ether oxygens (including phenoxy) is 2. The molecule has 0 aromatic heterocycles. The summed E-state index contributed by atoms with van der Waals surface area (Å²) in [7, 11) is 0. The van der Waals surface area contributed by atoms with Crippen LogP contribution in [0.1, 0.15) is 17.0 Å². The molecule has 4 aromatic carbocycles. The second kappa shape index (κ2) is 13.1. The van der Waals surface area contributed by atoms with Crippen LogP contribution < -0.4 is 9.47 Å². The summed E-state index contributed by atoms with van der Waals surface area (Å²) in [6.07, 6.45) is -4.61. The highest BCUT2D eigenvalue weighted by Crippen LogP contribution is 2.40. The fourth-order valence-corrected chi connectivity index (χ4v) is 5.83. The first-order valence-corrected chi connectivity index (χ1v) is 14.0. The van der Waals surface area contributed by atoms with Crippen molar-refractivity contribution in [3.63, 3.8) is 0 Å². The monoisotopic (exact) mass is 714 g/mol. The highest BCUT2D eigenvalue weighted by Gasteiger charge is 2.35. The van der Waals surface area contributed by atoms with Crippen molar-refractivity contribution in [2.45, 2.75) is 12.1 Å². The number of esters is 2. The molecule has 4 rings (SSSR count). The Morgan fingerprint density at radius 2 is 1.10 bits per heavy atom. The summed E-state index contributed by atoms with van der Waals surface area (Å²) in [5.74, 6) is -4.72. The Kier molecular flexibility index (Phi) is 10.2. The van der Waals surface area contributed by atoms with Crippen molar-refractivity contribution in [1.82, 2.24) is 0 Å². The molecule has 0 spiro atoms. The van der Waals surface area contributed by atoms with Gasteiger partial charge in [-0.3, -0.25) is 9.59 Å². The molecule has 0 fully saturated rings. The van der Waals surface area contributed by atoms with E-state index in [1.807, 2.05) is 0 Å². The van der Waals surface area contributed by atoms with Crippen molar-refractivity contribution in [2.24, 2.45) is 0 Å². The molecule has 0 heterocycles. The quantitative estimate of drug-likeness (QED) is 0.113. The molecule has 0 saturated carbocycles. The van der Waals surface area contributed by atoms with Crippen LogP contribution >= 0.6 is 81.2 Å². The molecular formula is C28H12Cl7F3O4. The summed E-state index contributed by atoms with van der Waals surface area (Å²) < 4.78 is 50.3. The van der Waals surface area contributed by atoms with E-state index >= 15 is 0 Å². The first-order chi connectivity index (χ1) is 19.6. The molecule has 0 aliphatic rings. The lowest BCUT2D eigenvalue weighted by atomic mass is 9.94. The number of rotatable bonds is 6. The molecule has 0 aliphatic heterocycles. The van der Waals surface area contributed by atoms with Crippen LogP contribution in [0.2, 0.25) is 35.2 Å². The molecule has 0 saturated heterocycles. The minimum Gasteiger partial charge on any atom is -0.422 e. The zero-order chi connectivity index (χ0) is 30.9. The number of halogens is 10. The van der Waals surface area contributed by atoms with Gasteiger partial charge in [0.15, 0.2) is 17.4 Å². The summed E-state index contributed by atoms with van der Waals surface area (Å²) in [5, 5.41) is -0.390. The van der Waals surface area contributed by atoms with Gasteiger partial charge in [-0.25, -0.2) is 0 Å². The number of carbonyl (C=O) groups excluding carboxylic acids is 2. The van der Waals surface area contributed by atoms with Gasteiger partial charge in [-0.15, -0.1) is 0 Å². The second-order valence-corrected chi connectivity index (χ2v) is 11.4. The Morgan fingerprint density at radius 1 is 0.619 bits per heavy atom. The average Bonchev–Trinajstić information content (AvgIpc) is 2.88. The molecule has 0 unspecified atom stereocenters. The number of benzene rings is 4. The molecule has 4 aromatic rings. The smallest absolute Gasteiger partial charge is 0.416 e. The lowest BCUT2D eigenvalue weighted by Gasteiger charge is -2.18. The predicted octanol–water partition coefficient (Wildman–Crippen LogP) is 11.2. The third-order valence-electron chi connectivity index (χ3n) is 5.63. The number of alkyl halides is 3. The van der Waals surface area contributed by atoms with Gasteiger partial charge in [0.25, 0.3) is 0 Å². The molecule has 0 atom stereocenters. The summed E-state index contributed by atoms with van der Waals surface area (Å²) in [6.45, 7) is 0. The number of hydrogen-bond donors (Lipinski definition) is 0. The summed E-state index contributed by atoms with van der Waals surface area (Å²) in [6, 6.07) is 13.6. The minimum atomic E-state index is -4.61. The maximum atomic E-state index is 13.5. The molecule has 4 nitrogen and oxygen atoms in total.